The van der Waals surface area contributed by atoms with Gasteiger partial charge in [-0.05, 0) is 32.4 Å². The van der Waals surface area contributed by atoms with Crippen LogP contribution in [0.1, 0.15) is 30.6 Å². The van der Waals surface area contributed by atoms with Crippen LogP contribution < -0.4 is 5.32 Å². The van der Waals surface area contributed by atoms with Crippen molar-refractivity contribution in [1.29, 1.82) is 0 Å². The van der Waals surface area contributed by atoms with Gasteiger partial charge in [0, 0.05) is 6.61 Å². The number of nitrogens with one attached hydrogen (secondary N) is 1. The van der Waals surface area contributed by atoms with Gasteiger partial charge in [-0.15, -0.1) is 0 Å². The number of hydrogen-bond donors (Lipinski definition) is 2. The fraction of sp³-hybridized carbons (Fsp3) is 0.462. The second-order valence-corrected chi connectivity index (χ2v) is 4.77. The number of carbonyl (C=O) groups is 1. The van der Waals surface area contributed by atoms with E-state index in [9.17, 15) is 14.3 Å². The molecule has 1 fully saturated rings. The van der Waals surface area contributed by atoms with Crippen LogP contribution in [0.4, 0.5) is 4.39 Å². The Morgan fingerprint density at radius 2 is 2.33 bits per heavy atom. The van der Waals surface area contributed by atoms with Gasteiger partial charge in [-0.2, -0.15) is 0 Å². The van der Waals surface area contributed by atoms with Crippen LogP contribution in [0.25, 0.3) is 0 Å². The van der Waals surface area contributed by atoms with Gasteiger partial charge in [0.05, 0.1) is 11.6 Å². The van der Waals surface area contributed by atoms with E-state index in [4.69, 9.17) is 4.74 Å². The van der Waals surface area contributed by atoms with Gasteiger partial charge in [0.25, 0.3) is 5.91 Å². The molecule has 2 rings (SSSR count). The summed E-state index contributed by atoms with van der Waals surface area (Å²) in [6, 6.07) is 3.78. The molecule has 1 aromatic rings. The molecule has 1 aliphatic rings. The summed E-state index contributed by atoms with van der Waals surface area (Å²) in [5, 5.41) is 12.3. The van der Waals surface area contributed by atoms with Crippen molar-refractivity contribution < 1.29 is 19.0 Å². The zero-order chi connectivity index (χ0) is 13.3. The van der Waals surface area contributed by atoms with Crippen LogP contribution in [0.3, 0.4) is 0 Å². The highest BCUT2D eigenvalue weighted by Gasteiger charge is 2.39. The fourth-order valence-corrected chi connectivity index (χ4v) is 2.06. The van der Waals surface area contributed by atoms with Crippen LogP contribution in [0.2, 0.25) is 0 Å². The first-order valence-corrected chi connectivity index (χ1v) is 5.85. The Bertz CT molecular complexity index is 457. The van der Waals surface area contributed by atoms with Gasteiger partial charge >= 0.3 is 0 Å². The minimum absolute atomic E-state index is 0.143. The van der Waals surface area contributed by atoms with Gasteiger partial charge in [-0.3, -0.25) is 4.79 Å². The molecule has 98 valence electrons. The average Bonchev–Trinajstić information content (AvgIpc) is 2.58. The molecule has 4 nitrogen and oxygen atoms in total. The third-order valence-electron chi connectivity index (χ3n) is 3.50. The molecular formula is C13H16FNO3. The van der Waals surface area contributed by atoms with E-state index >= 15 is 0 Å². The lowest BCUT2D eigenvalue weighted by Gasteiger charge is -2.29. The van der Waals surface area contributed by atoms with Crippen molar-refractivity contribution in [3.63, 3.8) is 0 Å². The highest BCUT2D eigenvalue weighted by atomic mass is 19.1. The molecule has 1 saturated heterocycles. The van der Waals surface area contributed by atoms with E-state index in [2.05, 4.69) is 5.32 Å². The minimum atomic E-state index is -0.734. The van der Waals surface area contributed by atoms with Gasteiger partial charge in [0.15, 0.2) is 0 Å². The van der Waals surface area contributed by atoms with Crippen LogP contribution in [0, 0.1) is 5.82 Å². The first kappa shape index (κ1) is 12.8. The number of aromatic hydroxyl groups is 1. The maximum Gasteiger partial charge on any atom is 0.258 e. The number of rotatable bonds is 2. The average molecular weight is 253 g/mol. The van der Waals surface area contributed by atoms with Gasteiger partial charge in [0.2, 0.25) is 0 Å². The molecule has 5 heteroatoms. The van der Waals surface area contributed by atoms with Crippen molar-refractivity contribution in [2.45, 2.75) is 31.9 Å². The zero-order valence-corrected chi connectivity index (χ0v) is 10.4. The zero-order valence-electron chi connectivity index (χ0n) is 10.4. The van der Waals surface area contributed by atoms with Gasteiger partial charge in [-0.1, -0.05) is 6.07 Å². The number of hydrogen-bond acceptors (Lipinski definition) is 3. The van der Waals surface area contributed by atoms with Gasteiger partial charge < -0.3 is 15.2 Å². The second-order valence-electron chi connectivity index (χ2n) is 4.77. The first-order chi connectivity index (χ1) is 8.44. The van der Waals surface area contributed by atoms with Gasteiger partial charge in [-0.25, -0.2) is 4.39 Å². The Balaban J connectivity index is 2.23. The summed E-state index contributed by atoms with van der Waals surface area (Å²) < 4.78 is 18.9. The Morgan fingerprint density at radius 3 is 2.89 bits per heavy atom. The SMILES string of the molecule is CC1OCCC1(C)NC(=O)c1c(O)cccc1F. The Labute approximate surface area is 105 Å². The quantitative estimate of drug-likeness (QED) is 0.845. The van der Waals surface area contributed by atoms with Crippen LogP contribution in [0.15, 0.2) is 18.2 Å². The molecule has 1 heterocycles. The van der Waals surface area contributed by atoms with Crippen molar-refractivity contribution in [2.75, 3.05) is 6.61 Å². The van der Waals surface area contributed by atoms with Crippen molar-refractivity contribution >= 4 is 5.91 Å². The summed E-state index contributed by atoms with van der Waals surface area (Å²) >= 11 is 0. The highest BCUT2D eigenvalue weighted by Crippen LogP contribution is 2.27. The normalized spacial score (nSPS) is 27.2. The Hall–Kier alpha value is -1.62. The first-order valence-electron chi connectivity index (χ1n) is 5.85. The molecule has 2 N–H and O–H groups in total. The largest absolute Gasteiger partial charge is 0.507 e. The molecule has 2 unspecified atom stereocenters. The number of ether oxygens (including phenoxy) is 1. The molecule has 2 atom stereocenters. The molecule has 0 spiro atoms. The number of phenols is 1. The van der Waals surface area contributed by atoms with Crippen molar-refractivity contribution in [3.05, 3.63) is 29.6 Å². The summed E-state index contributed by atoms with van der Waals surface area (Å²) in [6.45, 7) is 4.26. The number of halogens is 1. The van der Waals surface area contributed by atoms with E-state index in [1.807, 2.05) is 13.8 Å². The lowest BCUT2D eigenvalue weighted by molar-refractivity contribution is 0.0723. The third-order valence-corrected chi connectivity index (χ3v) is 3.50. The molecule has 0 aromatic heterocycles. The number of amides is 1. The second kappa shape index (κ2) is 4.57. The molecule has 0 bridgehead atoms. The van der Waals surface area contributed by atoms with Crippen molar-refractivity contribution in [1.82, 2.24) is 5.32 Å². The molecule has 0 radical (unpaired) electrons. The van der Waals surface area contributed by atoms with Crippen LogP contribution >= 0.6 is 0 Å². The molecule has 0 aliphatic carbocycles. The number of benzene rings is 1. The van der Waals surface area contributed by atoms with Crippen LogP contribution in [-0.4, -0.2) is 29.3 Å². The molecule has 1 aromatic carbocycles. The van der Waals surface area contributed by atoms with E-state index in [0.29, 0.717) is 13.0 Å². The lowest BCUT2D eigenvalue weighted by atomic mass is 9.94. The van der Waals surface area contributed by atoms with E-state index in [1.165, 1.54) is 12.1 Å². The van der Waals surface area contributed by atoms with Crippen molar-refractivity contribution in [2.24, 2.45) is 0 Å². The third kappa shape index (κ3) is 2.18. The highest BCUT2D eigenvalue weighted by molar-refractivity contribution is 5.97. The maximum absolute atomic E-state index is 13.5. The maximum atomic E-state index is 13.5. The number of phenolic OH excluding ortho intramolecular Hbond substituents is 1. The minimum Gasteiger partial charge on any atom is -0.507 e. The topological polar surface area (TPSA) is 58.6 Å². The summed E-state index contributed by atoms with van der Waals surface area (Å²) in [6.07, 6.45) is 0.519. The smallest absolute Gasteiger partial charge is 0.258 e. The van der Waals surface area contributed by atoms with E-state index < -0.39 is 17.3 Å². The summed E-state index contributed by atoms with van der Waals surface area (Å²) in [5.41, 5.74) is -0.857. The monoisotopic (exact) mass is 253 g/mol. The standard InChI is InChI=1S/C13H16FNO3/c1-8-13(2,6-7-18-8)15-12(17)11-9(14)4-3-5-10(11)16/h3-5,8,16H,6-7H2,1-2H3,(H,15,17). The molecule has 18 heavy (non-hydrogen) atoms. The predicted molar refractivity (Wildman–Crippen MR) is 64.0 cm³/mol. The fourth-order valence-electron chi connectivity index (χ4n) is 2.06. The predicted octanol–water partition coefficient (Wildman–Crippen LogP) is 1.83. The lowest BCUT2D eigenvalue weighted by Crippen LogP contribution is -2.50. The molecule has 0 saturated carbocycles. The van der Waals surface area contributed by atoms with Crippen LogP contribution in [-0.2, 0) is 4.74 Å². The van der Waals surface area contributed by atoms with E-state index in [1.54, 1.807) is 0 Å². The molecular weight excluding hydrogens is 237 g/mol. The Morgan fingerprint density at radius 1 is 1.61 bits per heavy atom. The molecule has 1 amide bonds. The number of carbonyl (C=O) groups excluding carboxylic acids is 1. The van der Waals surface area contributed by atoms with E-state index in [-0.39, 0.29) is 17.4 Å². The van der Waals surface area contributed by atoms with Gasteiger partial charge in [0.1, 0.15) is 17.1 Å². The molecule has 1 aliphatic heterocycles. The van der Waals surface area contributed by atoms with Crippen molar-refractivity contribution in [3.8, 4) is 5.75 Å². The van der Waals surface area contributed by atoms with Crippen LogP contribution in [0.5, 0.6) is 5.75 Å². The summed E-state index contributed by atoms with van der Waals surface area (Å²) in [5.74, 6) is -1.71. The summed E-state index contributed by atoms with van der Waals surface area (Å²) in [7, 11) is 0. The summed E-state index contributed by atoms with van der Waals surface area (Å²) in [4.78, 5) is 12.0. The van der Waals surface area contributed by atoms with E-state index in [0.717, 1.165) is 6.07 Å². The Kier molecular flexibility index (Phi) is 3.26.